The van der Waals surface area contributed by atoms with Crippen molar-refractivity contribution in [3.63, 3.8) is 0 Å². The van der Waals surface area contributed by atoms with Crippen LogP contribution in [0.5, 0.6) is 11.5 Å². The lowest BCUT2D eigenvalue weighted by Gasteiger charge is -2.24. The van der Waals surface area contributed by atoms with Crippen LogP contribution in [0, 0.1) is 13.8 Å². The summed E-state index contributed by atoms with van der Waals surface area (Å²) in [4.78, 5) is 28.0. The molecule has 2 N–H and O–H groups in total. The van der Waals surface area contributed by atoms with E-state index in [1.54, 1.807) is 34.0 Å². The Bertz CT molecular complexity index is 2750. The van der Waals surface area contributed by atoms with E-state index in [4.69, 9.17) is 48.4 Å². The summed E-state index contributed by atoms with van der Waals surface area (Å²) in [5, 5.41) is 6.74. The van der Waals surface area contributed by atoms with Gasteiger partial charge in [0.15, 0.2) is 0 Å². The molecule has 0 amide bonds. The van der Waals surface area contributed by atoms with Crippen LogP contribution in [0.1, 0.15) is 76.2 Å². The quantitative estimate of drug-likeness (QED) is 0.107. The van der Waals surface area contributed by atoms with Crippen LogP contribution in [-0.2, 0) is 51.4 Å². The van der Waals surface area contributed by atoms with Crippen LogP contribution in [0.3, 0.4) is 0 Å². The second kappa shape index (κ2) is 20.6. The van der Waals surface area contributed by atoms with E-state index in [1.807, 2.05) is 102 Å². The lowest BCUT2D eigenvalue weighted by atomic mass is 9.99. The molecule has 3 aliphatic heterocycles. The molecule has 10 rings (SSSR count). The number of methoxy groups -OCH3 is 3. The third-order valence-corrected chi connectivity index (χ3v) is 11.9. The second-order valence-corrected chi connectivity index (χ2v) is 16.5. The minimum Gasteiger partial charge on any atom is -0.494 e. The highest BCUT2D eigenvalue weighted by atomic mass is 16.5. The Balaban J connectivity index is 0.000000166. The van der Waals surface area contributed by atoms with Crippen molar-refractivity contribution in [1.29, 1.82) is 0 Å². The number of fused-ring (bicyclic) bond motifs is 2. The third-order valence-electron chi connectivity index (χ3n) is 11.9. The highest BCUT2D eigenvalue weighted by Crippen LogP contribution is 2.34. The van der Waals surface area contributed by atoms with Gasteiger partial charge in [-0.05, 0) is 69.4 Å². The van der Waals surface area contributed by atoms with Gasteiger partial charge >= 0.3 is 0 Å². The molecule has 0 aliphatic carbocycles. The summed E-state index contributed by atoms with van der Waals surface area (Å²) < 4.78 is 38.3. The first-order valence-electron chi connectivity index (χ1n) is 22.4. The molecule has 66 heavy (non-hydrogen) atoms. The molecule has 0 radical (unpaired) electrons. The monoisotopic (exact) mass is 892 g/mol. The molecule has 0 saturated carbocycles. The number of aryl methyl sites for hydroxylation is 3. The van der Waals surface area contributed by atoms with Crippen LogP contribution in [0.15, 0.2) is 91.8 Å². The van der Waals surface area contributed by atoms with Gasteiger partial charge in [0.05, 0.1) is 105 Å². The Hall–Kier alpha value is -6.72. The molecule has 0 spiro atoms. The Morgan fingerprint density at radius 1 is 0.697 bits per heavy atom. The summed E-state index contributed by atoms with van der Waals surface area (Å²) in [5.74, 6) is 2.59. The number of hydrogen-bond acceptors (Lipinski definition) is 14. The van der Waals surface area contributed by atoms with E-state index in [0.717, 1.165) is 124 Å². The van der Waals surface area contributed by atoms with Crippen LogP contribution >= 0.6 is 0 Å². The van der Waals surface area contributed by atoms with Crippen molar-refractivity contribution in [2.45, 2.75) is 77.8 Å². The fourth-order valence-corrected chi connectivity index (χ4v) is 8.60. The molecule has 3 aliphatic rings. The number of benzene rings is 3. The first-order chi connectivity index (χ1) is 32.3. The number of rotatable bonds is 14. The number of anilines is 4. The first-order valence-corrected chi connectivity index (χ1v) is 22.4. The normalized spacial score (nSPS) is 15.8. The smallest absolute Gasteiger partial charge is 0.227 e. The fourth-order valence-electron chi connectivity index (χ4n) is 8.60. The average molecular weight is 893 g/mol. The fraction of sp³-hybridized carbons (Fsp3) is 0.360. The molecular formula is C50H56N10O6. The predicted octanol–water partition coefficient (Wildman–Crippen LogP) is 8.44. The summed E-state index contributed by atoms with van der Waals surface area (Å²) in [5.41, 5.74) is 12.5. The largest absolute Gasteiger partial charge is 0.494 e. The van der Waals surface area contributed by atoms with Gasteiger partial charge in [0, 0.05) is 73.6 Å². The summed E-state index contributed by atoms with van der Waals surface area (Å²) in [7, 11) is 5.03. The minimum atomic E-state index is -0.318. The minimum absolute atomic E-state index is 0.318. The van der Waals surface area contributed by atoms with Crippen LogP contribution in [0.2, 0.25) is 0 Å². The SMILES string of the molecule is COc1cc(Nc2nc3c(c(C(OC)c4ccccc4)n2)COCC3)ccc1-n1cnc(C)c1.COc1cc(Nc2nc3c(c(CCC4CCCO4)n2)COCC3)ccc1-n1cnc(C)c1. The number of hydrogen-bond donors (Lipinski definition) is 2. The van der Waals surface area contributed by atoms with Crippen molar-refractivity contribution in [3.8, 4) is 22.9 Å². The average Bonchev–Trinajstić information content (AvgIpc) is 4.15. The predicted molar refractivity (Wildman–Crippen MR) is 250 cm³/mol. The van der Waals surface area contributed by atoms with Crippen molar-refractivity contribution < 1.29 is 28.4 Å². The van der Waals surface area contributed by atoms with Gasteiger partial charge in [-0.3, -0.25) is 0 Å². The lowest BCUT2D eigenvalue weighted by Crippen LogP contribution is -2.20. The summed E-state index contributed by atoms with van der Waals surface area (Å²) in [6, 6.07) is 21.9. The molecule has 4 aromatic heterocycles. The molecule has 1 fully saturated rings. The van der Waals surface area contributed by atoms with Crippen molar-refractivity contribution in [1.82, 2.24) is 39.0 Å². The van der Waals surface area contributed by atoms with E-state index < -0.39 is 0 Å². The zero-order valence-electron chi connectivity index (χ0n) is 38.1. The van der Waals surface area contributed by atoms with Crippen molar-refractivity contribution in [2.24, 2.45) is 0 Å². The molecule has 1 saturated heterocycles. The van der Waals surface area contributed by atoms with Crippen molar-refractivity contribution in [2.75, 3.05) is 51.8 Å². The van der Waals surface area contributed by atoms with Gasteiger partial charge in [-0.15, -0.1) is 0 Å². The molecule has 2 unspecified atom stereocenters. The zero-order valence-corrected chi connectivity index (χ0v) is 38.1. The topological polar surface area (TPSA) is 167 Å². The summed E-state index contributed by atoms with van der Waals surface area (Å²) in [6.45, 7) is 7.19. The first kappa shape index (κ1) is 44.5. The lowest BCUT2D eigenvalue weighted by molar-refractivity contribution is 0.0980. The van der Waals surface area contributed by atoms with E-state index in [2.05, 4.69) is 20.6 Å². The van der Waals surface area contributed by atoms with Crippen LogP contribution in [0.25, 0.3) is 11.4 Å². The van der Waals surface area contributed by atoms with E-state index in [0.29, 0.717) is 50.2 Å². The van der Waals surface area contributed by atoms with Gasteiger partial charge in [0.2, 0.25) is 11.9 Å². The van der Waals surface area contributed by atoms with Crippen molar-refractivity contribution >= 4 is 23.3 Å². The highest BCUT2D eigenvalue weighted by molar-refractivity contribution is 5.63. The van der Waals surface area contributed by atoms with Gasteiger partial charge in [-0.2, -0.15) is 0 Å². The van der Waals surface area contributed by atoms with E-state index >= 15 is 0 Å². The molecule has 16 heteroatoms. The number of nitrogens with zero attached hydrogens (tertiary/aromatic N) is 8. The Labute approximate surface area is 384 Å². The molecule has 0 bridgehead atoms. The second-order valence-electron chi connectivity index (χ2n) is 16.5. The van der Waals surface area contributed by atoms with Crippen LogP contribution in [-0.4, -0.2) is 86.3 Å². The van der Waals surface area contributed by atoms with Gasteiger partial charge in [-0.1, -0.05) is 30.3 Å². The number of nitrogens with one attached hydrogen (secondary N) is 2. The van der Waals surface area contributed by atoms with Gasteiger partial charge in [0.1, 0.15) is 17.6 Å². The molecule has 342 valence electrons. The summed E-state index contributed by atoms with van der Waals surface area (Å²) in [6.07, 6.45) is 13.2. The Kier molecular flexibility index (Phi) is 13.9. The van der Waals surface area contributed by atoms with Gasteiger partial charge in [-0.25, -0.2) is 29.9 Å². The molecular weight excluding hydrogens is 837 g/mol. The summed E-state index contributed by atoms with van der Waals surface area (Å²) >= 11 is 0. The van der Waals surface area contributed by atoms with Gasteiger partial charge < -0.3 is 48.2 Å². The number of imidazole rings is 2. The highest BCUT2D eigenvalue weighted by Gasteiger charge is 2.26. The molecule has 2 atom stereocenters. The van der Waals surface area contributed by atoms with E-state index in [-0.39, 0.29) is 6.10 Å². The third kappa shape index (κ3) is 10.2. The van der Waals surface area contributed by atoms with Gasteiger partial charge in [0.25, 0.3) is 0 Å². The molecule has 7 heterocycles. The van der Waals surface area contributed by atoms with Crippen LogP contribution < -0.4 is 20.1 Å². The molecule has 7 aromatic rings. The standard InChI is InChI=1S/C26H27N5O3.C24H29N5O3/c1-17-14-31(16-27-17)22-10-9-19(13-23(22)32-2)28-26-29-21-11-12-34-15-20(21)24(30-26)25(33-3)18-7-5-4-6-8-18;1-16-13-29(15-25-16)22-8-5-17(12-23(22)30-2)26-24-27-20(7-6-18-4-3-10-32-18)19-14-31-11-9-21(19)28-24/h4-10,13-14,16,25H,11-12,15H2,1-3H3,(H,28,29,30);5,8,12-13,15,18H,3-4,6-7,9-11,14H2,1-2H3,(H,26,27,28). The maximum absolute atomic E-state index is 5.89. The van der Waals surface area contributed by atoms with Crippen molar-refractivity contribution in [3.05, 3.63) is 143 Å². The number of ether oxygens (including phenoxy) is 6. The Morgan fingerprint density at radius 2 is 1.29 bits per heavy atom. The zero-order chi connectivity index (χ0) is 45.4. The van der Waals surface area contributed by atoms with E-state index in [9.17, 15) is 0 Å². The molecule has 3 aromatic carbocycles. The number of aromatic nitrogens is 8. The maximum atomic E-state index is 5.89. The van der Waals surface area contributed by atoms with E-state index in [1.165, 1.54) is 0 Å². The van der Waals surface area contributed by atoms with Crippen LogP contribution in [0.4, 0.5) is 23.3 Å². The maximum Gasteiger partial charge on any atom is 0.227 e. The molecule has 16 nitrogen and oxygen atoms in total. The Morgan fingerprint density at radius 3 is 1.83 bits per heavy atom.